The van der Waals surface area contributed by atoms with Crippen LogP contribution in [0.15, 0.2) is 72.8 Å². The minimum atomic E-state index is -0.595. The van der Waals surface area contributed by atoms with Gasteiger partial charge < -0.3 is 15.4 Å². The third-order valence-electron chi connectivity index (χ3n) is 4.14. The number of benzene rings is 3. The SMILES string of the molecule is CC(=O)Nc1cc(OCc2ccccc2)ccc1C(=O)Nc1ccccc1[N+](=O)[O-]. The molecule has 0 bridgehead atoms. The molecular weight excluding hydrogens is 386 g/mol. The molecule has 0 saturated carbocycles. The number of para-hydroxylation sites is 2. The van der Waals surface area contributed by atoms with Crippen molar-refractivity contribution in [2.75, 3.05) is 10.6 Å². The molecule has 3 aromatic carbocycles. The zero-order valence-electron chi connectivity index (χ0n) is 16.1. The molecular formula is C22H19N3O5. The Bertz CT molecular complexity index is 1080. The standard InChI is InChI=1S/C22H19N3O5/c1-15(26)23-20-13-17(30-14-16-7-3-2-4-8-16)11-12-18(20)22(27)24-19-9-5-6-10-21(19)25(28)29/h2-13H,14H2,1H3,(H,23,26)(H,24,27). The number of carbonyl (C=O) groups excluding carboxylic acids is 2. The Balaban J connectivity index is 1.83. The van der Waals surface area contributed by atoms with Crippen molar-refractivity contribution in [2.24, 2.45) is 0 Å². The Hall–Kier alpha value is -4.20. The Labute approximate surface area is 172 Å². The molecule has 0 unspecified atom stereocenters. The molecule has 3 rings (SSSR count). The van der Waals surface area contributed by atoms with Gasteiger partial charge in [0.15, 0.2) is 0 Å². The van der Waals surface area contributed by atoms with E-state index in [4.69, 9.17) is 4.74 Å². The van der Waals surface area contributed by atoms with Gasteiger partial charge in [0, 0.05) is 19.1 Å². The van der Waals surface area contributed by atoms with Crippen LogP contribution in [-0.4, -0.2) is 16.7 Å². The first-order valence-electron chi connectivity index (χ1n) is 9.07. The highest BCUT2D eigenvalue weighted by atomic mass is 16.6. The summed E-state index contributed by atoms with van der Waals surface area (Å²) in [5.41, 5.74) is 1.19. The third kappa shape index (κ3) is 5.20. The quantitative estimate of drug-likeness (QED) is 0.447. The van der Waals surface area contributed by atoms with Crippen LogP contribution in [0.4, 0.5) is 17.1 Å². The van der Waals surface area contributed by atoms with Crippen LogP contribution in [-0.2, 0) is 11.4 Å². The number of carbonyl (C=O) groups is 2. The molecule has 0 saturated heterocycles. The van der Waals surface area contributed by atoms with E-state index in [9.17, 15) is 19.7 Å². The maximum atomic E-state index is 12.8. The first-order valence-corrected chi connectivity index (χ1v) is 9.07. The second kappa shape index (κ2) is 9.33. The lowest BCUT2D eigenvalue weighted by atomic mass is 10.1. The first kappa shape index (κ1) is 20.5. The van der Waals surface area contributed by atoms with Crippen molar-refractivity contribution in [1.82, 2.24) is 0 Å². The van der Waals surface area contributed by atoms with E-state index in [1.54, 1.807) is 18.2 Å². The molecule has 0 aliphatic heterocycles. The number of nitrogens with zero attached hydrogens (tertiary/aromatic N) is 1. The molecule has 0 fully saturated rings. The predicted molar refractivity (Wildman–Crippen MR) is 113 cm³/mol. The zero-order valence-corrected chi connectivity index (χ0v) is 16.1. The Morgan fingerprint density at radius 3 is 2.33 bits per heavy atom. The van der Waals surface area contributed by atoms with Crippen LogP contribution in [0.25, 0.3) is 0 Å². The van der Waals surface area contributed by atoms with E-state index in [1.165, 1.54) is 31.2 Å². The van der Waals surface area contributed by atoms with Gasteiger partial charge in [-0.2, -0.15) is 0 Å². The number of rotatable bonds is 7. The second-order valence-corrected chi connectivity index (χ2v) is 6.39. The molecule has 2 N–H and O–H groups in total. The van der Waals surface area contributed by atoms with Crippen LogP contribution in [0.2, 0.25) is 0 Å². The van der Waals surface area contributed by atoms with Crippen LogP contribution in [0.3, 0.4) is 0 Å². The van der Waals surface area contributed by atoms with Gasteiger partial charge in [-0.15, -0.1) is 0 Å². The summed E-state index contributed by atoms with van der Waals surface area (Å²) in [7, 11) is 0. The molecule has 0 aromatic heterocycles. The van der Waals surface area contributed by atoms with Gasteiger partial charge in [0.2, 0.25) is 5.91 Å². The van der Waals surface area contributed by atoms with E-state index in [1.807, 2.05) is 30.3 Å². The number of nitro groups is 1. The number of ether oxygens (including phenoxy) is 1. The molecule has 0 heterocycles. The van der Waals surface area contributed by atoms with E-state index in [0.29, 0.717) is 12.4 Å². The number of amides is 2. The van der Waals surface area contributed by atoms with Crippen LogP contribution >= 0.6 is 0 Å². The summed E-state index contributed by atoms with van der Waals surface area (Å²) in [4.78, 5) is 35.0. The topological polar surface area (TPSA) is 111 Å². The number of nitro benzene ring substituents is 1. The van der Waals surface area contributed by atoms with Crippen molar-refractivity contribution in [3.05, 3.63) is 94.0 Å². The fraction of sp³-hybridized carbons (Fsp3) is 0.0909. The zero-order chi connectivity index (χ0) is 21.5. The molecule has 0 aliphatic carbocycles. The summed E-state index contributed by atoms with van der Waals surface area (Å²) in [6.07, 6.45) is 0. The highest BCUT2D eigenvalue weighted by Gasteiger charge is 2.19. The fourth-order valence-corrected chi connectivity index (χ4v) is 2.77. The smallest absolute Gasteiger partial charge is 0.292 e. The fourth-order valence-electron chi connectivity index (χ4n) is 2.77. The van der Waals surface area contributed by atoms with Gasteiger partial charge in [0.1, 0.15) is 18.0 Å². The van der Waals surface area contributed by atoms with E-state index in [0.717, 1.165) is 5.56 Å². The van der Waals surface area contributed by atoms with Crippen LogP contribution < -0.4 is 15.4 Å². The van der Waals surface area contributed by atoms with Crippen LogP contribution in [0.1, 0.15) is 22.8 Å². The van der Waals surface area contributed by atoms with Crippen molar-refractivity contribution in [3.8, 4) is 5.75 Å². The molecule has 152 valence electrons. The van der Waals surface area contributed by atoms with Gasteiger partial charge in [0.05, 0.1) is 16.2 Å². The lowest BCUT2D eigenvalue weighted by molar-refractivity contribution is -0.383. The van der Waals surface area contributed by atoms with Gasteiger partial charge in [0.25, 0.3) is 11.6 Å². The van der Waals surface area contributed by atoms with E-state index < -0.39 is 10.8 Å². The lowest BCUT2D eigenvalue weighted by Crippen LogP contribution is -2.17. The molecule has 0 radical (unpaired) electrons. The normalized spacial score (nSPS) is 10.2. The Kier molecular flexibility index (Phi) is 6.39. The third-order valence-corrected chi connectivity index (χ3v) is 4.14. The van der Waals surface area contributed by atoms with Crippen molar-refractivity contribution >= 4 is 28.9 Å². The molecule has 0 aliphatic rings. The van der Waals surface area contributed by atoms with E-state index in [-0.39, 0.29) is 28.5 Å². The van der Waals surface area contributed by atoms with Crippen molar-refractivity contribution in [3.63, 3.8) is 0 Å². The molecule has 8 heteroatoms. The first-order chi connectivity index (χ1) is 14.4. The molecule has 0 spiro atoms. The summed E-state index contributed by atoms with van der Waals surface area (Å²) in [6, 6.07) is 20.0. The van der Waals surface area contributed by atoms with E-state index >= 15 is 0 Å². The molecule has 8 nitrogen and oxygen atoms in total. The van der Waals surface area contributed by atoms with Crippen LogP contribution in [0, 0.1) is 10.1 Å². The summed E-state index contributed by atoms with van der Waals surface area (Å²) < 4.78 is 5.75. The number of hydrogen-bond donors (Lipinski definition) is 2. The summed E-state index contributed by atoms with van der Waals surface area (Å²) in [5.74, 6) is -0.498. The van der Waals surface area contributed by atoms with Crippen molar-refractivity contribution in [2.45, 2.75) is 13.5 Å². The minimum absolute atomic E-state index is 0.0608. The van der Waals surface area contributed by atoms with Gasteiger partial charge >= 0.3 is 0 Å². The average Bonchev–Trinajstić information content (AvgIpc) is 2.73. The molecule has 0 atom stereocenters. The molecule has 30 heavy (non-hydrogen) atoms. The van der Waals surface area contributed by atoms with Crippen molar-refractivity contribution < 1.29 is 19.2 Å². The second-order valence-electron chi connectivity index (χ2n) is 6.39. The summed E-state index contributed by atoms with van der Waals surface area (Å²) in [6.45, 7) is 1.64. The molecule has 2 amide bonds. The largest absolute Gasteiger partial charge is 0.489 e. The lowest BCUT2D eigenvalue weighted by Gasteiger charge is -2.13. The van der Waals surface area contributed by atoms with Crippen LogP contribution in [0.5, 0.6) is 5.75 Å². The Morgan fingerprint density at radius 2 is 1.63 bits per heavy atom. The van der Waals surface area contributed by atoms with Gasteiger partial charge in [-0.05, 0) is 23.8 Å². The summed E-state index contributed by atoms with van der Waals surface area (Å²) in [5, 5.41) is 16.3. The number of nitrogens with one attached hydrogen (secondary N) is 2. The summed E-state index contributed by atoms with van der Waals surface area (Å²) >= 11 is 0. The maximum Gasteiger partial charge on any atom is 0.292 e. The van der Waals surface area contributed by atoms with Gasteiger partial charge in [-0.1, -0.05) is 42.5 Å². The van der Waals surface area contributed by atoms with Gasteiger partial charge in [-0.3, -0.25) is 19.7 Å². The average molecular weight is 405 g/mol. The highest BCUT2D eigenvalue weighted by molar-refractivity contribution is 6.10. The monoisotopic (exact) mass is 405 g/mol. The maximum absolute atomic E-state index is 12.8. The highest BCUT2D eigenvalue weighted by Crippen LogP contribution is 2.27. The molecule has 3 aromatic rings. The van der Waals surface area contributed by atoms with Crippen molar-refractivity contribution in [1.29, 1.82) is 0 Å². The van der Waals surface area contributed by atoms with Gasteiger partial charge in [-0.25, -0.2) is 0 Å². The van der Waals surface area contributed by atoms with E-state index in [2.05, 4.69) is 10.6 Å². The Morgan fingerprint density at radius 1 is 0.933 bits per heavy atom. The number of anilines is 2. The predicted octanol–water partition coefficient (Wildman–Crippen LogP) is 4.38. The number of hydrogen-bond acceptors (Lipinski definition) is 5. The minimum Gasteiger partial charge on any atom is -0.489 e.